The second-order valence-electron chi connectivity index (χ2n) is 5.17. The number of nitrogens with one attached hydrogen (secondary N) is 1. The lowest BCUT2D eigenvalue weighted by Crippen LogP contribution is -2.34. The summed E-state index contributed by atoms with van der Waals surface area (Å²) in [5, 5.41) is 21.1. The molecule has 102 valence electrons. The molecule has 1 aromatic rings. The van der Waals surface area contributed by atoms with Crippen LogP contribution < -0.4 is 10.8 Å². The maximum atomic E-state index is 11.9. The predicted molar refractivity (Wildman–Crippen MR) is 69.9 cm³/mol. The quantitative estimate of drug-likeness (QED) is 0.588. The molecule has 19 heavy (non-hydrogen) atoms. The van der Waals surface area contributed by atoms with Crippen LogP contribution in [0.3, 0.4) is 0 Å². The lowest BCUT2D eigenvalue weighted by atomic mass is 9.78. The first-order valence-corrected chi connectivity index (χ1v) is 7.50. The minimum Gasteiger partial charge on any atom is -0.423 e. The summed E-state index contributed by atoms with van der Waals surface area (Å²) in [4.78, 5) is 11.8. The second-order valence-corrected chi connectivity index (χ2v) is 7.15. The molecule has 1 aromatic carbocycles. The van der Waals surface area contributed by atoms with E-state index in [9.17, 15) is 23.3 Å². The Morgan fingerprint density at radius 3 is 2.32 bits per heavy atom. The number of amides is 1. The minimum atomic E-state index is -3.59. The third-order valence-electron chi connectivity index (χ3n) is 3.12. The van der Waals surface area contributed by atoms with Gasteiger partial charge >= 0.3 is 7.12 Å². The first-order valence-electron chi connectivity index (χ1n) is 5.61. The van der Waals surface area contributed by atoms with Crippen molar-refractivity contribution in [1.29, 1.82) is 0 Å². The minimum absolute atomic E-state index is 0.0213. The van der Waals surface area contributed by atoms with E-state index in [1.54, 1.807) is 13.8 Å². The van der Waals surface area contributed by atoms with E-state index >= 15 is 0 Å². The Bertz CT molecular complexity index is 666. The highest BCUT2D eigenvalue weighted by Gasteiger charge is 2.40. The SMILES string of the molecule is CC1(C)NC(=O)c2cc(B(O)O)cc(S(C)(=O)=O)c21. The molecule has 6 nitrogen and oxygen atoms in total. The molecule has 1 aliphatic rings. The molecule has 0 unspecified atom stereocenters. The van der Waals surface area contributed by atoms with Gasteiger partial charge in [0.25, 0.3) is 5.91 Å². The molecule has 0 radical (unpaired) electrons. The summed E-state index contributed by atoms with van der Waals surface area (Å²) < 4.78 is 23.7. The summed E-state index contributed by atoms with van der Waals surface area (Å²) in [6, 6.07) is 2.50. The maximum absolute atomic E-state index is 11.9. The van der Waals surface area contributed by atoms with E-state index in [-0.39, 0.29) is 15.9 Å². The van der Waals surface area contributed by atoms with Crippen LogP contribution in [0, 0.1) is 0 Å². The van der Waals surface area contributed by atoms with Crippen molar-refractivity contribution in [3.8, 4) is 0 Å². The average Bonchev–Trinajstić information content (AvgIpc) is 2.47. The standard InChI is InChI=1S/C11H14BNO5S/c1-11(2)9-7(10(14)13-11)4-6(12(15)16)5-8(9)19(3,17)18/h4-5,15-16H,1-3H3,(H,13,14). The van der Waals surface area contributed by atoms with E-state index in [2.05, 4.69) is 5.32 Å². The molecule has 8 heteroatoms. The number of hydrogen-bond donors (Lipinski definition) is 3. The Hall–Kier alpha value is -1.38. The molecular formula is C11H14BNO5S. The summed E-state index contributed by atoms with van der Waals surface area (Å²) in [6.45, 7) is 3.39. The van der Waals surface area contributed by atoms with Crippen molar-refractivity contribution in [2.75, 3.05) is 6.26 Å². The number of carbonyl (C=O) groups is 1. The van der Waals surface area contributed by atoms with E-state index < -0.39 is 28.4 Å². The molecule has 0 spiro atoms. The van der Waals surface area contributed by atoms with Gasteiger partial charge in [-0.2, -0.15) is 0 Å². The van der Waals surface area contributed by atoms with Crippen molar-refractivity contribution >= 4 is 28.3 Å². The summed E-state index contributed by atoms with van der Waals surface area (Å²) in [5.41, 5.74) is -0.309. The normalized spacial score (nSPS) is 17.0. The van der Waals surface area contributed by atoms with Crippen molar-refractivity contribution in [2.24, 2.45) is 0 Å². The molecule has 3 N–H and O–H groups in total. The van der Waals surface area contributed by atoms with Gasteiger partial charge < -0.3 is 15.4 Å². The zero-order valence-electron chi connectivity index (χ0n) is 10.8. The van der Waals surface area contributed by atoms with Crippen LogP contribution in [0.2, 0.25) is 0 Å². The van der Waals surface area contributed by atoms with Gasteiger partial charge in [0.15, 0.2) is 9.84 Å². The molecule has 0 fully saturated rings. The van der Waals surface area contributed by atoms with Gasteiger partial charge in [-0.25, -0.2) is 8.42 Å². The van der Waals surface area contributed by atoms with Gasteiger partial charge in [0.05, 0.1) is 10.4 Å². The molecule has 2 rings (SSSR count). The molecule has 0 atom stereocenters. The molecule has 0 saturated heterocycles. The molecule has 0 aliphatic carbocycles. The van der Waals surface area contributed by atoms with E-state index in [1.807, 2.05) is 0 Å². The van der Waals surface area contributed by atoms with Gasteiger partial charge in [-0.05, 0) is 31.4 Å². The molecule has 0 saturated carbocycles. The number of sulfone groups is 1. The van der Waals surface area contributed by atoms with Gasteiger partial charge in [0, 0.05) is 17.4 Å². The van der Waals surface area contributed by atoms with Gasteiger partial charge in [0.1, 0.15) is 0 Å². The molecule has 0 bridgehead atoms. The first-order chi connectivity index (χ1) is 8.54. The third kappa shape index (κ3) is 2.26. The molecule has 1 amide bonds. The van der Waals surface area contributed by atoms with Gasteiger partial charge in [0.2, 0.25) is 0 Å². The summed E-state index contributed by atoms with van der Waals surface area (Å²) in [6.07, 6.45) is 1.02. The lowest BCUT2D eigenvalue weighted by molar-refractivity contribution is 0.0940. The molecular weight excluding hydrogens is 269 g/mol. The fraction of sp³-hybridized carbons (Fsp3) is 0.364. The van der Waals surface area contributed by atoms with E-state index in [1.165, 1.54) is 12.1 Å². The molecule has 1 heterocycles. The van der Waals surface area contributed by atoms with E-state index in [0.717, 1.165) is 6.26 Å². The number of rotatable bonds is 2. The van der Waals surface area contributed by atoms with E-state index in [0.29, 0.717) is 5.56 Å². The monoisotopic (exact) mass is 283 g/mol. The predicted octanol–water partition coefficient (Wildman–Crippen LogP) is -1.25. The van der Waals surface area contributed by atoms with Crippen LogP contribution >= 0.6 is 0 Å². The van der Waals surface area contributed by atoms with Gasteiger partial charge in [-0.3, -0.25) is 4.79 Å². The summed E-state index contributed by atoms with van der Waals surface area (Å²) >= 11 is 0. The largest absolute Gasteiger partial charge is 0.488 e. The lowest BCUT2D eigenvalue weighted by Gasteiger charge is -2.22. The van der Waals surface area contributed by atoms with Crippen LogP contribution in [-0.4, -0.2) is 37.7 Å². The van der Waals surface area contributed by atoms with Crippen LogP contribution in [0.5, 0.6) is 0 Å². The number of carbonyl (C=O) groups excluding carboxylic acids is 1. The Morgan fingerprint density at radius 2 is 1.84 bits per heavy atom. The smallest absolute Gasteiger partial charge is 0.423 e. The van der Waals surface area contributed by atoms with Gasteiger partial charge in [-0.1, -0.05) is 0 Å². The van der Waals surface area contributed by atoms with Crippen LogP contribution in [0.1, 0.15) is 29.8 Å². The Labute approximate surface area is 111 Å². The van der Waals surface area contributed by atoms with Crippen LogP contribution in [0.15, 0.2) is 17.0 Å². The third-order valence-corrected chi connectivity index (χ3v) is 4.24. The Morgan fingerprint density at radius 1 is 1.26 bits per heavy atom. The zero-order chi connectivity index (χ0) is 14.6. The number of fused-ring (bicyclic) bond motifs is 1. The fourth-order valence-electron chi connectivity index (χ4n) is 2.32. The topological polar surface area (TPSA) is 104 Å². The van der Waals surface area contributed by atoms with Crippen LogP contribution in [0.25, 0.3) is 0 Å². The summed E-state index contributed by atoms with van der Waals surface area (Å²) in [5.74, 6) is -0.424. The van der Waals surface area contributed by atoms with Crippen molar-refractivity contribution in [3.63, 3.8) is 0 Å². The number of hydrogen-bond acceptors (Lipinski definition) is 5. The second kappa shape index (κ2) is 4.06. The van der Waals surface area contributed by atoms with Crippen LogP contribution in [-0.2, 0) is 15.4 Å². The first kappa shape index (κ1) is 14.0. The highest BCUT2D eigenvalue weighted by molar-refractivity contribution is 7.90. The fourth-order valence-corrected chi connectivity index (χ4v) is 3.40. The van der Waals surface area contributed by atoms with Crippen molar-refractivity contribution < 1.29 is 23.3 Å². The number of benzene rings is 1. The van der Waals surface area contributed by atoms with E-state index in [4.69, 9.17) is 0 Å². The molecule has 1 aliphatic heterocycles. The molecule has 0 aromatic heterocycles. The Kier molecular flexibility index (Phi) is 3.00. The zero-order valence-corrected chi connectivity index (χ0v) is 11.6. The van der Waals surface area contributed by atoms with Gasteiger partial charge in [-0.15, -0.1) is 0 Å². The Balaban J connectivity index is 2.87. The maximum Gasteiger partial charge on any atom is 0.488 e. The van der Waals surface area contributed by atoms with Crippen LogP contribution in [0.4, 0.5) is 0 Å². The van der Waals surface area contributed by atoms with Crippen molar-refractivity contribution in [2.45, 2.75) is 24.3 Å². The van der Waals surface area contributed by atoms with Crippen molar-refractivity contribution in [1.82, 2.24) is 5.32 Å². The van der Waals surface area contributed by atoms with Crippen molar-refractivity contribution in [3.05, 3.63) is 23.3 Å². The summed E-state index contributed by atoms with van der Waals surface area (Å²) in [7, 11) is -5.42. The highest BCUT2D eigenvalue weighted by atomic mass is 32.2. The average molecular weight is 283 g/mol. The highest BCUT2D eigenvalue weighted by Crippen LogP contribution is 2.35.